The van der Waals surface area contributed by atoms with Crippen molar-refractivity contribution >= 4 is 0 Å². The molecule has 0 aromatic carbocycles. The normalized spacial score (nSPS) is 18.2. The maximum absolute atomic E-state index is 8.54. The van der Waals surface area contributed by atoms with Gasteiger partial charge in [-0.25, -0.2) is 0 Å². The first-order valence-corrected chi connectivity index (χ1v) is 4.37. The van der Waals surface area contributed by atoms with Crippen LogP contribution in [0.2, 0.25) is 0 Å². The van der Waals surface area contributed by atoms with Gasteiger partial charge in [-0.1, -0.05) is 0 Å². The summed E-state index contributed by atoms with van der Waals surface area (Å²) in [7, 11) is 0. The van der Waals surface area contributed by atoms with E-state index in [0.717, 1.165) is 32.8 Å². The molecule has 1 heterocycles. The van der Waals surface area contributed by atoms with Gasteiger partial charge in [0, 0.05) is 26.2 Å². The van der Waals surface area contributed by atoms with Gasteiger partial charge in [0.15, 0.2) is 0 Å². The minimum atomic E-state index is 0.250. The van der Waals surface area contributed by atoms with E-state index in [2.05, 4.69) is 4.90 Å². The van der Waals surface area contributed by atoms with Crippen molar-refractivity contribution in [3.63, 3.8) is 0 Å². The Morgan fingerprint density at radius 1 is 1.25 bits per heavy atom. The fourth-order valence-electron chi connectivity index (χ4n) is 0.966. The number of hydrogen-bond acceptors (Lipinski definition) is 4. The van der Waals surface area contributed by atoms with Crippen LogP contribution in [0, 0.1) is 0 Å². The predicted octanol–water partition coefficient (Wildman–Crippen LogP) is -0.690. The minimum absolute atomic E-state index is 0.250. The molecule has 0 unspecified atom stereocenters. The highest BCUT2D eigenvalue weighted by molar-refractivity contribution is 4.59. The largest absolute Gasteiger partial charge is 0.397 e. The van der Waals surface area contributed by atoms with Crippen molar-refractivity contribution in [3.8, 4) is 0 Å². The summed E-state index contributed by atoms with van der Waals surface area (Å²) in [6.07, 6.45) is 0. The second kappa shape index (κ2) is 8.93. The summed E-state index contributed by atoms with van der Waals surface area (Å²) in [6.45, 7) is 6.57. The molecule has 1 aliphatic heterocycles. The monoisotopic (exact) mass is 177 g/mol. The van der Waals surface area contributed by atoms with Crippen molar-refractivity contribution in [1.29, 1.82) is 0 Å². The molecule has 0 aliphatic carbocycles. The number of β-amino-alcohol motifs (C(OH)–C–C–N with tert-alkyl or cyclic N) is 1. The molecule has 0 atom stereocenters. The second-order valence-corrected chi connectivity index (χ2v) is 2.49. The van der Waals surface area contributed by atoms with Crippen LogP contribution in [-0.4, -0.2) is 61.2 Å². The van der Waals surface area contributed by atoms with Gasteiger partial charge < -0.3 is 14.9 Å². The summed E-state index contributed by atoms with van der Waals surface area (Å²) in [5.74, 6) is 0. The first kappa shape index (κ1) is 11.8. The van der Waals surface area contributed by atoms with Crippen molar-refractivity contribution < 1.29 is 14.9 Å². The molecule has 74 valence electrons. The molecule has 0 spiro atoms. The zero-order valence-corrected chi connectivity index (χ0v) is 7.70. The summed E-state index contributed by atoms with van der Waals surface area (Å²) in [5.41, 5.74) is 0. The molecule has 4 heteroatoms. The van der Waals surface area contributed by atoms with Crippen molar-refractivity contribution in [2.45, 2.75) is 6.92 Å². The van der Waals surface area contributed by atoms with Crippen LogP contribution < -0.4 is 0 Å². The Labute approximate surface area is 73.8 Å². The maximum atomic E-state index is 8.54. The number of hydrogen-bond donors (Lipinski definition) is 2. The van der Waals surface area contributed by atoms with Crippen LogP contribution in [0.1, 0.15) is 6.92 Å². The molecule has 0 amide bonds. The summed E-state index contributed by atoms with van der Waals surface area (Å²) >= 11 is 0. The highest BCUT2D eigenvalue weighted by Crippen LogP contribution is 1.93. The van der Waals surface area contributed by atoms with Crippen molar-refractivity contribution in [3.05, 3.63) is 0 Å². The quantitative estimate of drug-likeness (QED) is 0.586. The van der Waals surface area contributed by atoms with E-state index in [-0.39, 0.29) is 13.2 Å². The van der Waals surface area contributed by atoms with E-state index in [1.165, 1.54) is 0 Å². The third-order valence-electron chi connectivity index (χ3n) is 1.52. The zero-order valence-electron chi connectivity index (χ0n) is 7.70. The molecule has 0 bridgehead atoms. The summed E-state index contributed by atoms with van der Waals surface area (Å²) < 4.78 is 5.12. The minimum Gasteiger partial charge on any atom is -0.397 e. The fourth-order valence-corrected chi connectivity index (χ4v) is 0.966. The molecule has 1 fully saturated rings. The van der Waals surface area contributed by atoms with E-state index < -0.39 is 0 Å². The highest BCUT2D eigenvalue weighted by atomic mass is 16.5. The smallest absolute Gasteiger partial charge is 0.0594 e. The average Bonchev–Trinajstić information content (AvgIpc) is 2.08. The number of morpholine rings is 1. The second-order valence-electron chi connectivity index (χ2n) is 2.49. The number of aliphatic hydroxyl groups is 2. The Hall–Kier alpha value is -0.160. The van der Waals surface area contributed by atoms with Crippen LogP contribution >= 0.6 is 0 Å². The lowest BCUT2D eigenvalue weighted by Crippen LogP contribution is -2.37. The van der Waals surface area contributed by atoms with E-state index in [0.29, 0.717) is 0 Å². The molecule has 1 aliphatic rings. The van der Waals surface area contributed by atoms with Gasteiger partial charge in [0.25, 0.3) is 0 Å². The summed E-state index contributed by atoms with van der Waals surface area (Å²) in [4.78, 5) is 2.20. The first-order chi connectivity index (χ1) is 5.85. The van der Waals surface area contributed by atoms with Gasteiger partial charge in [0.05, 0.1) is 19.8 Å². The molecular weight excluding hydrogens is 158 g/mol. The third kappa shape index (κ3) is 6.54. The lowest BCUT2D eigenvalue weighted by Gasteiger charge is -2.25. The topological polar surface area (TPSA) is 52.9 Å². The van der Waals surface area contributed by atoms with Crippen LogP contribution in [0.15, 0.2) is 0 Å². The van der Waals surface area contributed by atoms with Gasteiger partial charge in [-0.05, 0) is 6.92 Å². The van der Waals surface area contributed by atoms with E-state index in [1.807, 2.05) is 0 Å². The molecule has 1 saturated heterocycles. The van der Waals surface area contributed by atoms with Gasteiger partial charge in [-0.15, -0.1) is 0 Å². The first-order valence-electron chi connectivity index (χ1n) is 4.37. The van der Waals surface area contributed by atoms with Gasteiger partial charge in [-0.2, -0.15) is 0 Å². The van der Waals surface area contributed by atoms with E-state index in [9.17, 15) is 0 Å². The molecule has 12 heavy (non-hydrogen) atoms. The Bertz CT molecular complexity index is 81.6. The number of ether oxygens (including phenoxy) is 1. The number of aliphatic hydroxyl groups excluding tert-OH is 2. The lowest BCUT2D eigenvalue weighted by atomic mass is 10.4. The SMILES string of the molecule is CCO.OCCN1CCOCC1. The van der Waals surface area contributed by atoms with Crippen LogP contribution in [-0.2, 0) is 4.74 Å². The zero-order chi connectivity index (χ0) is 9.23. The lowest BCUT2D eigenvalue weighted by molar-refractivity contribution is 0.0306. The molecule has 0 aromatic heterocycles. The number of nitrogens with zero attached hydrogens (tertiary/aromatic N) is 1. The number of rotatable bonds is 2. The molecule has 0 saturated carbocycles. The van der Waals surface area contributed by atoms with Gasteiger partial charge in [0.2, 0.25) is 0 Å². The molecule has 0 radical (unpaired) electrons. The van der Waals surface area contributed by atoms with Crippen LogP contribution in [0.25, 0.3) is 0 Å². The summed E-state index contributed by atoms with van der Waals surface area (Å²) in [5, 5.41) is 16.1. The Morgan fingerprint density at radius 2 is 1.75 bits per heavy atom. The molecule has 1 rings (SSSR count). The Morgan fingerprint density at radius 3 is 2.17 bits per heavy atom. The van der Waals surface area contributed by atoms with E-state index >= 15 is 0 Å². The fraction of sp³-hybridized carbons (Fsp3) is 1.00. The van der Waals surface area contributed by atoms with Gasteiger partial charge in [0.1, 0.15) is 0 Å². The molecule has 4 nitrogen and oxygen atoms in total. The maximum Gasteiger partial charge on any atom is 0.0594 e. The molecule has 2 N–H and O–H groups in total. The Balaban J connectivity index is 0.000000354. The molecular formula is C8H19NO3. The third-order valence-corrected chi connectivity index (χ3v) is 1.52. The van der Waals surface area contributed by atoms with Gasteiger partial charge in [-0.3, -0.25) is 4.90 Å². The van der Waals surface area contributed by atoms with Crippen LogP contribution in [0.5, 0.6) is 0 Å². The van der Waals surface area contributed by atoms with E-state index in [4.69, 9.17) is 14.9 Å². The molecule has 0 aromatic rings. The van der Waals surface area contributed by atoms with Crippen molar-refractivity contribution in [1.82, 2.24) is 4.90 Å². The summed E-state index contributed by atoms with van der Waals surface area (Å²) in [6, 6.07) is 0. The highest BCUT2D eigenvalue weighted by Gasteiger charge is 2.07. The van der Waals surface area contributed by atoms with Crippen molar-refractivity contribution in [2.75, 3.05) is 46.1 Å². The van der Waals surface area contributed by atoms with Crippen LogP contribution in [0.3, 0.4) is 0 Å². The predicted molar refractivity (Wildman–Crippen MR) is 47.1 cm³/mol. The standard InChI is InChI=1S/C6H13NO2.C2H6O/c8-4-1-7-2-5-9-6-3-7;1-2-3/h8H,1-6H2;3H,2H2,1H3. The van der Waals surface area contributed by atoms with E-state index in [1.54, 1.807) is 6.92 Å². The van der Waals surface area contributed by atoms with Crippen LogP contribution in [0.4, 0.5) is 0 Å². The average molecular weight is 177 g/mol. The van der Waals surface area contributed by atoms with Gasteiger partial charge >= 0.3 is 0 Å². The Kier molecular flexibility index (Phi) is 8.81. The van der Waals surface area contributed by atoms with Crippen molar-refractivity contribution in [2.24, 2.45) is 0 Å².